The van der Waals surface area contributed by atoms with E-state index in [1.807, 2.05) is 29.9 Å². The van der Waals surface area contributed by atoms with Crippen molar-refractivity contribution in [2.45, 2.75) is 6.42 Å². The molecule has 34 heavy (non-hydrogen) atoms. The Morgan fingerprint density at radius 1 is 1.00 bits per heavy atom. The first-order valence-electron chi connectivity index (χ1n) is 11.5. The first kappa shape index (κ1) is 21.0. The van der Waals surface area contributed by atoms with Gasteiger partial charge in [0.25, 0.3) is 0 Å². The molecule has 6 nitrogen and oxygen atoms in total. The number of rotatable bonds is 5. The Kier molecular flexibility index (Phi) is 5.36. The summed E-state index contributed by atoms with van der Waals surface area (Å²) in [5.74, 6) is 2.56. The minimum atomic E-state index is 0.196. The number of hydrogen-bond donors (Lipinski definition) is 1. The van der Waals surface area contributed by atoms with E-state index in [-0.39, 0.29) is 12.5 Å². The van der Waals surface area contributed by atoms with Gasteiger partial charge < -0.3 is 14.6 Å². The second-order valence-electron chi connectivity index (χ2n) is 8.73. The molecule has 170 valence electrons. The van der Waals surface area contributed by atoms with Gasteiger partial charge in [-0.25, -0.2) is 15.0 Å². The highest BCUT2D eigenvalue weighted by atomic mass is 32.1. The highest BCUT2D eigenvalue weighted by molar-refractivity contribution is 7.22. The molecule has 0 aliphatic carbocycles. The standard InChI is InChI=1S/C27H25N5OS/c1-31-15-13-28-26(31)24-29-25(32-14-12-18(16-32)17-33)22-21(19-8-4-2-5-9-19)23(34-27(22)30-24)20-10-6-3-7-11-20/h2-11,13,15,18,33H,12,14,16-17H2,1H3. The summed E-state index contributed by atoms with van der Waals surface area (Å²) in [6.45, 7) is 1.84. The number of aryl methyl sites for hydroxylation is 1. The Balaban J connectivity index is 1.67. The Morgan fingerprint density at radius 2 is 1.74 bits per heavy atom. The van der Waals surface area contributed by atoms with Crippen molar-refractivity contribution in [1.82, 2.24) is 19.5 Å². The second-order valence-corrected chi connectivity index (χ2v) is 9.73. The van der Waals surface area contributed by atoms with Crippen LogP contribution in [-0.4, -0.2) is 44.3 Å². The maximum absolute atomic E-state index is 9.80. The van der Waals surface area contributed by atoms with Crippen LogP contribution in [0.4, 0.5) is 5.82 Å². The first-order valence-corrected chi connectivity index (χ1v) is 12.3. The molecule has 1 fully saturated rings. The molecule has 4 heterocycles. The van der Waals surface area contributed by atoms with Gasteiger partial charge in [-0.15, -0.1) is 11.3 Å². The van der Waals surface area contributed by atoms with E-state index in [9.17, 15) is 5.11 Å². The molecule has 7 heteroatoms. The lowest BCUT2D eigenvalue weighted by atomic mass is 9.99. The summed E-state index contributed by atoms with van der Waals surface area (Å²) < 4.78 is 1.95. The van der Waals surface area contributed by atoms with Crippen LogP contribution in [0.1, 0.15) is 6.42 Å². The van der Waals surface area contributed by atoms with E-state index in [0.29, 0.717) is 5.82 Å². The molecule has 1 aliphatic heterocycles. The van der Waals surface area contributed by atoms with Crippen LogP contribution in [0.25, 0.3) is 43.4 Å². The van der Waals surface area contributed by atoms with E-state index in [4.69, 9.17) is 9.97 Å². The van der Waals surface area contributed by atoms with Crippen molar-refractivity contribution < 1.29 is 5.11 Å². The predicted octanol–water partition coefficient (Wildman–Crippen LogP) is 5.24. The zero-order valence-corrected chi connectivity index (χ0v) is 19.7. The van der Waals surface area contributed by atoms with Crippen LogP contribution in [0.5, 0.6) is 0 Å². The number of imidazole rings is 1. The van der Waals surface area contributed by atoms with Crippen LogP contribution in [0.3, 0.4) is 0 Å². The van der Waals surface area contributed by atoms with E-state index < -0.39 is 0 Å². The monoisotopic (exact) mass is 467 g/mol. The summed E-state index contributed by atoms with van der Waals surface area (Å²) in [4.78, 5) is 19.1. The third-order valence-corrected chi connectivity index (χ3v) is 7.63. The van der Waals surface area contributed by atoms with Gasteiger partial charge in [0.15, 0.2) is 11.6 Å². The van der Waals surface area contributed by atoms with Crippen LogP contribution in [0, 0.1) is 5.92 Å². The highest BCUT2D eigenvalue weighted by Crippen LogP contribution is 2.48. The molecule has 5 aromatic rings. The van der Waals surface area contributed by atoms with Gasteiger partial charge in [0.05, 0.1) is 5.39 Å². The summed E-state index contributed by atoms with van der Waals surface area (Å²) in [5.41, 5.74) is 3.49. The lowest BCUT2D eigenvalue weighted by Crippen LogP contribution is -2.22. The molecule has 0 radical (unpaired) electrons. The fourth-order valence-electron chi connectivity index (χ4n) is 4.74. The van der Waals surface area contributed by atoms with Crippen LogP contribution in [0.2, 0.25) is 0 Å². The van der Waals surface area contributed by atoms with Gasteiger partial charge in [-0.1, -0.05) is 60.7 Å². The van der Waals surface area contributed by atoms with Crippen molar-refractivity contribution >= 4 is 27.4 Å². The average Bonchev–Trinajstić information content (AvgIpc) is 3.62. The van der Waals surface area contributed by atoms with Crippen molar-refractivity contribution in [2.24, 2.45) is 13.0 Å². The van der Waals surface area contributed by atoms with Gasteiger partial charge in [-0.3, -0.25) is 0 Å². The summed E-state index contributed by atoms with van der Waals surface area (Å²) in [5, 5.41) is 10.9. The first-order chi connectivity index (χ1) is 16.7. The van der Waals surface area contributed by atoms with E-state index in [1.54, 1.807) is 17.5 Å². The normalized spacial score (nSPS) is 15.9. The molecule has 6 rings (SSSR count). The molecule has 0 bridgehead atoms. The maximum Gasteiger partial charge on any atom is 0.199 e. The summed E-state index contributed by atoms with van der Waals surface area (Å²) in [6, 6.07) is 21.0. The van der Waals surface area contributed by atoms with Gasteiger partial charge in [0.2, 0.25) is 0 Å². The molecule has 1 atom stereocenters. The van der Waals surface area contributed by atoms with Gasteiger partial charge in [0.1, 0.15) is 10.6 Å². The lowest BCUT2D eigenvalue weighted by Gasteiger charge is -2.20. The van der Waals surface area contributed by atoms with Crippen LogP contribution >= 0.6 is 11.3 Å². The number of hydrogen-bond acceptors (Lipinski definition) is 6. The third kappa shape index (κ3) is 3.57. The molecule has 0 spiro atoms. The zero-order valence-electron chi connectivity index (χ0n) is 18.9. The lowest BCUT2D eigenvalue weighted by molar-refractivity contribution is 0.238. The predicted molar refractivity (Wildman–Crippen MR) is 138 cm³/mol. The molecule has 3 aromatic heterocycles. The number of nitrogens with zero attached hydrogens (tertiary/aromatic N) is 5. The zero-order chi connectivity index (χ0) is 23.1. The van der Waals surface area contributed by atoms with Crippen LogP contribution in [0.15, 0.2) is 73.1 Å². The minimum Gasteiger partial charge on any atom is -0.396 e. The molecular weight excluding hydrogens is 442 g/mol. The number of aliphatic hydroxyl groups excluding tert-OH is 1. The molecule has 1 aliphatic rings. The van der Waals surface area contributed by atoms with E-state index >= 15 is 0 Å². The molecular formula is C27H25N5OS. The summed E-state index contributed by atoms with van der Waals surface area (Å²) in [6.07, 6.45) is 4.65. The quantitative estimate of drug-likeness (QED) is 0.383. The SMILES string of the molecule is Cn1ccnc1-c1nc(N2CCC(CO)C2)c2c(-c3ccccc3)c(-c3ccccc3)sc2n1. The number of anilines is 1. The fraction of sp³-hybridized carbons (Fsp3) is 0.222. The van der Waals surface area contributed by atoms with Crippen molar-refractivity contribution in [3.05, 3.63) is 73.1 Å². The molecule has 0 saturated carbocycles. The van der Waals surface area contributed by atoms with Crippen molar-refractivity contribution in [1.29, 1.82) is 0 Å². The Bertz CT molecular complexity index is 1440. The maximum atomic E-state index is 9.80. The number of thiophene rings is 1. The average molecular weight is 468 g/mol. The Morgan fingerprint density at radius 3 is 2.38 bits per heavy atom. The van der Waals surface area contributed by atoms with E-state index in [1.165, 1.54) is 16.0 Å². The third-order valence-electron chi connectivity index (χ3n) is 6.50. The number of benzene rings is 2. The topological polar surface area (TPSA) is 67.1 Å². The smallest absolute Gasteiger partial charge is 0.199 e. The number of fused-ring (bicyclic) bond motifs is 1. The molecule has 2 aromatic carbocycles. The Labute approximate surface area is 202 Å². The van der Waals surface area contributed by atoms with Gasteiger partial charge in [-0.2, -0.15) is 0 Å². The molecule has 1 unspecified atom stereocenters. The van der Waals surface area contributed by atoms with Gasteiger partial charge >= 0.3 is 0 Å². The van der Waals surface area contributed by atoms with Crippen LogP contribution in [-0.2, 0) is 7.05 Å². The fourth-order valence-corrected chi connectivity index (χ4v) is 5.94. The van der Waals surface area contributed by atoms with Crippen molar-refractivity contribution in [3.8, 4) is 33.2 Å². The summed E-state index contributed by atoms with van der Waals surface area (Å²) >= 11 is 1.70. The largest absolute Gasteiger partial charge is 0.396 e. The van der Waals surface area contributed by atoms with E-state index in [0.717, 1.165) is 46.9 Å². The molecule has 1 saturated heterocycles. The van der Waals surface area contributed by atoms with Gasteiger partial charge in [-0.05, 0) is 17.5 Å². The van der Waals surface area contributed by atoms with Gasteiger partial charge in [0, 0.05) is 55.5 Å². The molecule has 1 N–H and O–H groups in total. The van der Waals surface area contributed by atoms with E-state index in [2.05, 4.69) is 58.4 Å². The molecule has 0 amide bonds. The second kappa shape index (κ2) is 8.66. The Hall–Kier alpha value is -3.55. The minimum absolute atomic E-state index is 0.196. The summed E-state index contributed by atoms with van der Waals surface area (Å²) in [7, 11) is 1.96. The number of aliphatic hydroxyl groups is 1. The van der Waals surface area contributed by atoms with Crippen LogP contribution < -0.4 is 4.90 Å². The van der Waals surface area contributed by atoms with Crippen molar-refractivity contribution in [3.63, 3.8) is 0 Å². The van der Waals surface area contributed by atoms with Crippen molar-refractivity contribution in [2.75, 3.05) is 24.6 Å². The number of aromatic nitrogens is 4. The highest BCUT2D eigenvalue weighted by Gasteiger charge is 2.29.